The number of nitrogens with zero attached hydrogens (tertiary/aromatic N) is 4. The molecule has 1 N–H and O–H groups in total. The lowest BCUT2D eigenvalue weighted by Gasteiger charge is -2.37. The van der Waals surface area contributed by atoms with Crippen LogP contribution in [0.1, 0.15) is 20.8 Å². The summed E-state index contributed by atoms with van der Waals surface area (Å²) in [6.45, 7) is 11.7. The van der Waals surface area contributed by atoms with Crippen LogP contribution in [-0.4, -0.2) is 53.6 Å². The third-order valence-corrected chi connectivity index (χ3v) is 4.79. The molecular weight excluding hydrogens is 282 g/mol. The average molecular weight is 305 g/mol. The van der Waals surface area contributed by atoms with Crippen molar-refractivity contribution >= 4 is 33.3 Å². The molecule has 3 rings (SSSR count). The Balaban J connectivity index is 1.87. The largest absolute Gasteiger partial charge is 0.354 e. The van der Waals surface area contributed by atoms with Crippen LogP contribution in [-0.2, 0) is 0 Å². The first-order valence-corrected chi connectivity index (χ1v) is 8.55. The molecule has 1 fully saturated rings. The number of fused-ring (bicyclic) bond motifs is 1. The van der Waals surface area contributed by atoms with Crippen LogP contribution in [0.5, 0.6) is 0 Å². The lowest BCUT2D eigenvalue weighted by molar-refractivity contribution is 0.209. The quantitative estimate of drug-likeness (QED) is 0.941. The first-order valence-electron chi connectivity index (χ1n) is 7.67. The number of rotatable bonds is 4. The fraction of sp³-hybridized carbons (Fsp3) is 0.600. The van der Waals surface area contributed by atoms with Gasteiger partial charge in [0.1, 0.15) is 10.6 Å². The van der Waals surface area contributed by atoms with Crippen LogP contribution in [0, 0.1) is 0 Å². The molecule has 0 saturated carbocycles. The Morgan fingerprint density at radius 1 is 1.24 bits per heavy atom. The molecule has 0 amide bonds. The molecule has 0 aromatic carbocycles. The average Bonchev–Trinajstić information content (AvgIpc) is 2.95. The molecule has 21 heavy (non-hydrogen) atoms. The van der Waals surface area contributed by atoms with Gasteiger partial charge in [0.15, 0.2) is 0 Å². The van der Waals surface area contributed by atoms with Crippen molar-refractivity contribution in [3.63, 3.8) is 0 Å². The van der Waals surface area contributed by atoms with E-state index in [0.29, 0.717) is 6.04 Å². The van der Waals surface area contributed by atoms with E-state index in [1.54, 1.807) is 11.3 Å². The van der Waals surface area contributed by atoms with Crippen LogP contribution in [0.2, 0.25) is 0 Å². The molecule has 3 heterocycles. The van der Waals surface area contributed by atoms with Gasteiger partial charge >= 0.3 is 0 Å². The number of anilines is 2. The molecule has 114 valence electrons. The van der Waals surface area contributed by atoms with Gasteiger partial charge in [-0.05, 0) is 32.2 Å². The first-order chi connectivity index (χ1) is 10.2. The molecule has 1 aliphatic heterocycles. The highest BCUT2D eigenvalue weighted by Crippen LogP contribution is 2.29. The molecule has 0 radical (unpaired) electrons. The highest BCUT2D eigenvalue weighted by atomic mass is 32.1. The van der Waals surface area contributed by atoms with Crippen molar-refractivity contribution < 1.29 is 0 Å². The topological polar surface area (TPSA) is 44.3 Å². The molecule has 2 aromatic rings. The van der Waals surface area contributed by atoms with Crippen LogP contribution in [0.4, 0.5) is 11.8 Å². The molecular formula is C15H23N5S. The Hall–Kier alpha value is -1.40. The van der Waals surface area contributed by atoms with E-state index in [1.807, 2.05) is 0 Å². The molecule has 2 aromatic heterocycles. The maximum absolute atomic E-state index is 4.75. The normalized spacial score (nSPS) is 16.9. The van der Waals surface area contributed by atoms with Crippen LogP contribution in [0.15, 0.2) is 11.4 Å². The second-order valence-electron chi connectivity index (χ2n) is 5.66. The summed E-state index contributed by atoms with van der Waals surface area (Å²) in [4.78, 5) is 15.3. The summed E-state index contributed by atoms with van der Waals surface area (Å²) >= 11 is 1.68. The summed E-state index contributed by atoms with van der Waals surface area (Å²) in [6.07, 6.45) is 0. The Morgan fingerprint density at radius 2 is 2.00 bits per heavy atom. The number of hydrogen-bond acceptors (Lipinski definition) is 6. The minimum Gasteiger partial charge on any atom is -0.354 e. The van der Waals surface area contributed by atoms with Gasteiger partial charge in [0.2, 0.25) is 5.95 Å². The summed E-state index contributed by atoms with van der Waals surface area (Å²) in [6, 6.07) is 2.76. The Bertz CT molecular complexity index is 601. The third kappa shape index (κ3) is 2.96. The van der Waals surface area contributed by atoms with E-state index in [4.69, 9.17) is 4.98 Å². The van der Waals surface area contributed by atoms with Gasteiger partial charge in [-0.2, -0.15) is 4.98 Å². The van der Waals surface area contributed by atoms with Crippen molar-refractivity contribution in [2.24, 2.45) is 0 Å². The van der Waals surface area contributed by atoms with Crippen molar-refractivity contribution in [2.75, 3.05) is 42.9 Å². The zero-order valence-corrected chi connectivity index (χ0v) is 13.8. The molecule has 0 spiro atoms. The SMILES string of the molecule is CCNc1nc(N2CCN(C(C)C)CC2)c2ccsc2n1. The standard InChI is InChI=1S/C15H23N5S/c1-4-16-15-17-13(12-5-10-21-14(12)18-15)20-8-6-19(7-9-20)11(2)3/h5,10-11H,4,6-9H2,1-3H3,(H,16,17,18). The Labute approximate surface area is 130 Å². The van der Waals surface area contributed by atoms with E-state index in [1.165, 1.54) is 5.39 Å². The fourth-order valence-electron chi connectivity index (χ4n) is 2.77. The van der Waals surface area contributed by atoms with Crippen LogP contribution >= 0.6 is 11.3 Å². The van der Waals surface area contributed by atoms with Crippen molar-refractivity contribution in [1.82, 2.24) is 14.9 Å². The molecule has 0 bridgehead atoms. The van der Waals surface area contributed by atoms with E-state index in [2.05, 4.69) is 52.3 Å². The monoisotopic (exact) mass is 305 g/mol. The number of thiophene rings is 1. The van der Waals surface area contributed by atoms with Crippen LogP contribution in [0.25, 0.3) is 10.2 Å². The molecule has 1 saturated heterocycles. The summed E-state index contributed by atoms with van der Waals surface area (Å²) < 4.78 is 0. The van der Waals surface area contributed by atoms with Crippen molar-refractivity contribution in [3.05, 3.63) is 11.4 Å². The fourth-order valence-corrected chi connectivity index (χ4v) is 3.53. The second kappa shape index (κ2) is 6.15. The van der Waals surface area contributed by atoms with Gasteiger partial charge in [-0.1, -0.05) is 0 Å². The van der Waals surface area contributed by atoms with E-state index in [0.717, 1.165) is 49.3 Å². The second-order valence-corrected chi connectivity index (χ2v) is 6.55. The maximum atomic E-state index is 4.75. The zero-order valence-electron chi connectivity index (χ0n) is 13.0. The minimum atomic E-state index is 0.621. The van der Waals surface area contributed by atoms with Gasteiger partial charge in [-0.25, -0.2) is 4.98 Å². The smallest absolute Gasteiger partial charge is 0.226 e. The summed E-state index contributed by atoms with van der Waals surface area (Å²) in [5.41, 5.74) is 0. The first kappa shape index (κ1) is 14.5. The predicted octanol–water partition coefficient (Wildman–Crippen LogP) is 2.65. The number of piperazine rings is 1. The number of aromatic nitrogens is 2. The van der Waals surface area contributed by atoms with Crippen LogP contribution < -0.4 is 10.2 Å². The Morgan fingerprint density at radius 3 is 2.67 bits per heavy atom. The van der Waals surface area contributed by atoms with Gasteiger partial charge in [0, 0.05) is 38.8 Å². The number of hydrogen-bond donors (Lipinski definition) is 1. The summed E-state index contributed by atoms with van der Waals surface area (Å²) in [5.74, 6) is 1.83. The Kier molecular flexibility index (Phi) is 4.26. The zero-order chi connectivity index (χ0) is 14.8. The highest BCUT2D eigenvalue weighted by Gasteiger charge is 2.22. The van der Waals surface area contributed by atoms with Gasteiger partial charge in [0.05, 0.1) is 5.39 Å². The van der Waals surface area contributed by atoms with Gasteiger partial charge in [0.25, 0.3) is 0 Å². The van der Waals surface area contributed by atoms with Crippen LogP contribution in [0.3, 0.4) is 0 Å². The molecule has 5 nitrogen and oxygen atoms in total. The van der Waals surface area contributed by atoms with Gasteiger partial charge in [-0.3, -0.25) is 4.90 Å². The van der Waals surface area contributed by atoms with Crippen molar-refractivity contribution in [1.29, 1.82) is 0 Å². The lowest BCUT2D eigenvalue weighted by atomic mass is 10.2. The van der Waals surface area contributed by atoms with Crippen molar-refractivity contribution in [3.8, 4) is 0 Å². The van der Waals surface area contributed by atoms with E-state index >= 15 is 0 Å². The van der Waals surface area contributed by atoms with E-state index < -0.39 is 0 Å². The van der Waals surface area contributed by atoms with E-state index in [9.17, 15) is 0 Å². The van der Waals surface area contributed by atoms with Crippen molar-refractivity contribution in [2.45, 2.75) is 26.8 Å². The maximum Gasteiger partial charge on any atom is 0.226 e. The summed E-state index contributed by atoms with van der Waals surface area (Å²) in [7, 11) is 0. The molecule has 0 atom stereocenters. The summed E-state index contributed by atoms with van der Waals surface area (Å²) in [5, 5.41) is 6.52. The molecule has 1 aliphatic rings. The minimum absolute atomic E-state index is 0.621. The number of nitrogens with one attached hydrogen (secondary N) is 1. The lowest BCUT2D eigenvalue weighted by Crippen LogP contribution is -2.49. The van der Waals surface area contributed by atoms with E-state index in [-0.39, 0.29) is 0 Å². The van der Waals surface area contributed by atoms with Gasteiger partial charge in [-0.15, -0.1) is 11.3 Å². The molecule has 6 heteroatoms. The highest BCUT2D eigenvalue weighted by molar-refractivity contribution is 7.16. The molecule has 0 aliphatic carbocycles. The van der Waals surface area contributed by atoms with Gasteiger partial charge < -0.3 is 10.2 Å². The third-order valence-electron chi connectivity index (χ3n) is 3.98. The molecule has 0 unspecified atom stereocenters. The predicted molar refractivity (Wildman–Crippen MR) is 90.5 cm³/mol.